The van der Waals surface area contributed by atoms with Gasteiger partial charge in [-0.25, -0.2) is 0 Å². The van der Waals surface area contributed by atoms with Gasteiger partial charge in [-0.05, 0) is 138 Å². The second kappa shape index (κ2) is 13.5. The van der Waals surface area contributed by atoms with E-state index in [-0.39, 0.29) is 0 Å². The van der Waals surface area contributed by atoms with Gasteiger partial charge in [0.25, 0.3) is 0 Å². The van der Waals surface area contributed by atoms with Crippen molar-refractivity contribution >= 4 is 60.7 Å². The standard InChI is InChI=1S/C52H41N3/c1-3-36-19-30-50-46(33-36)47-34-37(4-2)20-31-51(47)55(50)44-28-26-43(27-29-44)53(40-13-7-5-8-14-40)42-24-21-38(22-25-42)39-23-32-52-48(35-39)45-17-11-12-18-49(45)54(52)41-15-9-6-10-16-41/h5-35H,3-4H2,1-2H3. The van der Waals surface area contributed by atoms with Crippen molar-refractivity contribution in [2.75, 3.05) is 4.90 Å². The Balaban J connectivity index is 1.03. The number of aryl methyl sites for hydroxylation is 2. The maximum atomic E-state index is 2.42. The Kier molecular flexibility index (Phi) is 8.07. The van der Waals surface area contributed by atoms with Crippen LogP contribution in [0.1, 0.15) is 25.0 Å². The molecule has 8 aromatic carbocycles. The maximum absolute atomic E-state index is 2.42. The average molecular weight is 708 g/mol. The van der Waals surface area contributed by atoms with E-state index in [0.29, 0.717) is 0 Å². The van der Waals surface area contributed by atoms with Crippen LogP contribution in [0.15, 0.2) is 188 Å². The second-order valence-electron chi connectivity index (χ2n) is 14.4. The summed E-state index contributed by atoms with van der Waals surface area (Å²) in [6.07, 6.45) is 2.05. The molecule has 0 bridgehead atoms. The first-order valence-corrected chi connectivity index (χ1v) is 19.4. The third-order valence-corrected chi connectivity index (χ3v) is 11.2. The Morgan fingerprint density at radius 2 is 0.782 bits per heavy atom. The summed E-state index contributed by atoms with van der Waals surface area (Å²) in [6, 6.07) is 68.8. The molecule has 0 amide bonds. The first kappa shape index (κ1) is 32.8. The fraction of sp³-hybridized carbons (Fsp3) is 0.0769. The monoisotopic (exact) mass is 707 g/mol. The van der Waals surface area contributed by atoms with Gasteiger partial charge >= 0.3 is 0 Å². The highest BCUT2D eigenvalue weighted by atomic mass is 15.1. The van der Waals surface area contributed by atoms with Gasteiger partial charge in [0.05, 0.1) is 22.1 Å². The Morgan fingerprint density at radius 1 is 0.345 bits per heavy atom. The first-order valence-electron chi connectivity index (χ1n) is 19.4. The van der Waals surface area contributed by atoms with E-state index in [2.05, 4.69) is 216 Å². The maximum Gasteiger partial charge on any atom is 0.0541 e. The molecule has 2 aromatic heterocycles. The molecule has 55 heavy (non-hydrogen) atoms. The van der Waals surface area contributed by atoms with Crippen LogP contribution in [0.3, 0.4) is 0 Å². The summed E-state index contributed by atoms with van der Waals surface area (Å²) in [5, 5.41) is 5.16. The van der Waals surface area contributed by atoms with Crippen LogP contribution in [0.2, 0.25) is 0 Å². The molecule has 0 aliphatic carbocycles. The molecule has 0 aliphatic heterocycles. The lowest BCUT2D eigenvalue weighted by Gasteiger charge is -2.26. The van der Waals surface area contributed by atoms with Gasteiger partial charge in [0.15, 0.2) is 0 Å². The van der Waals surface area contributed by atoms with Crippen LogP contribution >= 0.6 is 0 Å². The Bertz CT molecular complexity index is 2910. The lowest BCUT2D eigenvalue weighted by molar-refractivity contribution is 1.13. The van der Waals surface area contributed by atoms with Gasteiger partial charge in [0.2, 0.25) is 0 Å². The Labute approximate surface area is 322 Å². The molecule has 10 aromatic rings. The number of nitrogens with zero attached hydrogens (tertiary/aromatic N) is 3. The van der Waals surface area contributed by atoms with Crippen molar-refractivity contribution in [1.29, 1.82) is 0 Å². The number of aromatic nitrogens is 2. The van der Waals surface area contributed by atoms with Crippen LogP contribution in [0.5, 0.6) is 0 Å². The zero-order valence-corrected chi connectivity index (χ0v) is 31.2. The minimum atomic E-state index is 1.02. The summed E-state index contributed by atoms with van der Waals surface area (Å²) in [4.78, 5) is 2.34. The fourth-order valence-electron chi connectivity index (χ4n) is 8.42. The van der Waals surface area contributed by atoms with E-state index < -0.39 is 0 Å². The number of hydrogen-bond acceptors (Lipinski definition) is 1. The van der Waals surface area contributed by atoms with Crippen LogP contribution in [-0.2, 0) is 12.8 Å². The molecule has 264 valence electrons. The topological polar surface area (TPSA) is 13.1 Å². The van der Waals surface area contributed by atoms with Crippen LogP contribution in [0.25, 0.3) is 66.1 Å². The third kappa shape index (κ3) is 5.59. The summed E-state index contributed by atoms with van der Waals surface area (Å²) in [6.45, 7) is 4.46. The van der Waals surface area contributed by atoms with E-state index in [1.807, 2.05) is 0 Å². The minimum absolute atomic E-state index is 1.02. The SMILES string of the molecule is CCc1ccc2c(c1)c1cc(CC)ccc1n2-c1ccc(N(c2ccccc2)c2ccc(-c3ccc4c(c3)c3ccccc3n4-c3ccccc3)cc2)cc1. The molecule has 10 rings (SSSR count). The van der Waals surface area contributed by atoms with Gasteiger partial charge in [-0.2, -0.15) is 0 Å². The molecule has 2 heterocycles. The smallest absolute Gasteiger partial charge is 0.0541 e. The highest BCUT2D eigenvalue weighted by Crippen LogP contribution is 2.39. The molecule has 0 unspecified atom stereocenters. The molecule has 0 radical (unpaired) electrons. The molecule has 0 atom stereocenters. The van der Waals surface area contributed by atoms with Crippen LogP contribution in [0.4, 0.5) is 17.1 Å². The molecular weight excluding hydrogens is 667 g/mol. The number of para-hydroxylation sites is 3. The Morgan fingerprint density at radius 3 is 1.38 bits per heavy atom. The molecule has 3 heteroatoms. The van der Waals surface area contributed by atoms with Crippen LogP contribution in [0, 0.1) is 0 Å². The second-order valence-corrected chi connectivity index (χ2v) is 14.4. The lowest BCUT2D eigenvalue weighted by Crippen LogP contribution is -2.10. The zero-order valence-electron chi connectivity index (χ0n) is 31.2. The van der Waals surface area contributed by atoms with Crippen molar-refractivity contribution in [3.8, 4) is 22.5 Å². The van der Waals surface area contributed by atoms with Crippen molar-refractivity contribution in [2.45, 2.75) is 26.7 Å². The average Bonchev–Trinajstić information content (AvgIpc) is 3.76. The summed E-state index contributed by atoms with van der Waals surface area (Å²) >= 11 is 0. The molecule has 0 saturated heterocycles. The number of anilines is 3. The number of rotatable bonds is 8. The predicted molar refractivity (Wildman–Crippen MR) is 234 cm³/mol. The molecular formula is C52H41N3. The minimum Gasteiger partial charge on any atom is -0.311 e. The number of fused-ring (bicyclic) bond motifs is 6. The largest absolute Gasteiger partial charge is 0.311 e. The molecule has 3 nitrogen and oxygen atoms in total. The highest BCUT2D eigenvalue weighted by Gasteiger charge is 2.17. The van der Waals surface area contributed by atoms with Crippen molar-refractivity contribution in [2.24, 2.45) is 0 Å². The lowest BCUT2D eigenvalue weighted by atomic mass is 10.0. The van der Waals surface area contributed by atoms with Crippen LogP contribution < -0.4 is 4.90 Å². The van der Waals surface area contributed by atoms with E-state index in [1.54, 1.807) is 0 Å². The van der Waals surface area contributed by atoms with Gasteiger partial charge in [0.1, 0.15) is 0 Å². The Hall–Kier alpha value is -6.84. The van der Waals surface area contributed by atoms with Gasteiger partial charge in [-0.15, -0.1) is 0 Å². The normalized spacial score (nSPS) is 11.6. The van der Waals surface area contributed by atoms with Gasteiger partial charge < -0.3 is 14.0 Å². The molecule has 0 aliphatic rings. The van der Waals surface area contributed by atoms with Crippen molar-refractivity contribution in [3.63, 3.8) is 0 Å². The predicted octanol–water partition coefficient (Wildman–Crippen LogP) is 14.1. The van der Waals surface area contributed by atoms with Crippen molar-refractivity contribution < 1.29 is 0 Å². The fourth-order valence-corrected chi connectivity index (χ4v) is 8.42. The van der Waals surface area contributed by atoms with E-state index in [4.69, 9.17) is 0 Å². The third-order valence-electron chi connectivity index (χ3n) is 11.2. The van der Waals surface area contributed by atoms with Crippen LogP contribution in [-0.4, -0.2) is 9.13 Å². The number of benzene rings is 8. The van der Waals surface area contributed by atoms with E-state index >= 15 is 0 Å². The molecule has 0 fully saturated rings. The van der Waals surface area contributed by atoms with E-state index in [0.717, 1.165) is 35.6 Å². The van der Waals surface area contributed by atoms with E-state index in [1.165, 1.54) is 71.6 Å². The van der Waals surface area contributed by atoms with Crippen molar-refractivity contribution in [3.05, 3.63) is 199 Å². The quantitative estimate of drug-likeness (QED) is 0.153. The van der Waals surface area contributed by atoms with Crippen molar-refractivity contribution in [1.82, 2.24) is 9.13 Å². The zero-order chi connectivity index (χ0) is 36.9. The summed E-state index contributed by atoms with van der Waals surface area (Å²) in [5.74, 6) is 0. The molecule has 0 saturated carbocycles. The summed E-state index contributed by atoms with van der Waals surface area (Å²) in [7, 11) is 0. The van der Waals surface area contributed by atoms with Gasteiger partial charge in [-0.1, -0.05) is 98.8 Å². The summed E-state index contributed by atoms with van der Waals surface area (Å²) in [5.41, 5.74) is 15.7. The summed E-state index contributed by atoms with van der Waals surface area (Å²) < 4.78 is 4.79. The first-order chi connectivity index (χ1) is 27.2. The highest BCUT2D eigenvalue weighted by molar-refractivity contribution is 6.11. The van der Waals surface area contributed by atoms with E-state index in [9.17, 15) is 0 Å². The van der Waals surface area contributed by atoms with Gasteiger partial charge in [0, 0.05) is 50.0 Å². The van der Waals surface area contributed by atoms with Gasteiger partial charge in [-0.3, -0.25) is 0 Å². The molecule has 0 N–H and O–H groups in total. The molecule has 0 spiro atoms. The number of hydrogen-bond donors (Lipinski definition) is 0.